The number of Topliss-reactive ketones (excluding diaryl/α,β-unsaturated/α-hetero) is 1. The minimum absolute atomic E-state index is 0.00895. The fourth-order valence-electron chi connectivity index (χ4n) is 2.44. The van der Waals surface area contributed by atoms with Gasteiger partial charge in [-0.2, -0.15) is 0 Å². The minimum Gasteiger partial charge on any atom is -0.480 e. The molecule has 0 spiro atoms. The van der Waals surface area contributed by atoms with Gasteiger partial charge in [0.1, 0.15) is 6.04 Å². The van der Waals surface area contributed by atoms with Gasteiger partial charge >= 0.3 is 5.97 Å². The number of hydrogen-bond acceptors (Lipinski definition) is 5. The Labute approximate surface area is 117 Å². The summed E-state index contributed by atoms with van der Waals surface area (Å²) in [6, 6.07) is -1.57. The molecular weight excluding hydrogens is 264 g/mol. The summed E-state index contributed by atoms with van der Waals surface area (Å²) in [5, 5.41) is 23.8. The zero-order chi connectivity index (χ0) is 15.5. The Hall–Kier alpha value is -1.47. The third-order valence-electron chi connectivity index (χ3n) is 3.48. The normalized spacial score (nSPS) is 24.2. The SMILES string of the molecule is CC(=O)N[C@@H](CC(C)(C)C(=O)[C@@H]1C[C@@H](O)CN1)C(=O)O. The number of amides is 1. The average molecular weight is 286 g/mol. The van der Waals surface area contributed by atoms with Crippen LogP contribution < -0.4 is 10.6 Å². The second-order valence-corrected chi connectivity index (χ2v) is 5.89. The van der Waals surface area contributed by atoms with Crippen molar-refractivity contribution in [1.29, 1.82) is 0 Å². The van der Waals surface area contributed by atoms with Gasteiger partial charge in [0.25, 0.3) is 0 Å². The molecule has 1 rings (SSSR count). The summed E-state index contributed by atoms with van der Waals surface area (Å²) in [4.78, 5) is 34.5. The quantitative estimate of drug-likeness (QED) is 0.512. The first-order valence-corrected chi connectivity index (χ1v) is 6.59. The number of aliphatic carboxylic acids is 1. The van der Waals surface area contributed by atoms with Crippen LogP contribution in [-0.2, 0) is 14.4 Å². The van der Waals surface area contributed by atoms with E-state index >= 15 is 0 Å². The van der Waals surface area contributed by atoms with Crippen molar-refractivity contribution in [3.63, 3.8) is 0 Å². The lowest BCUT2D eigenvalue weighted by molar-refractivity contribution is -0.143. The minimum atomic E-state index is -1.17. The first kappa shape index (κ1) is 16.6. The highest BCUT2D eigenvalue weighted by atomic mass is 16.4. The van der Waals surface area contributed by atoms with E-state index in [2.05, 4.69) is 10.6 Å². The number of hydrogen-bond donors (Lipinski definition) is 4. The fourth-order valence-corrected chi connectivity index (χ4v) is 2.44. The largest absolute Gasteiger partial charge is 0.480 e. The van der Waals surface area contributed by atoms with Crippen LogP contribution in [0.1, 0.15) is 33.6 Å². The molecule has 0 bridgehead atoms. The summed E-state index contributed by atoms with van der Waals surface area (Å²) in [7, 11) is 0. The van der Waals surface area contributed by atoms with E-state index in [1.165, 1.54) is 6.92 Å². The van der Waals surface area contributed by atoms with Crippen molar-refractivity contribution in [3.05, 3.63) is 0 Å². The summed E-state index contributed by atoms with van der Waals surface area (Å²) in [5.41, 5.74) is -0.909. The zero-order valence-electron chi connectivity index (χ0n) is 12.0. The van der Waals surface area contributed by atoms with Crippen molar-refractivity contribution in [2.24, 2.45) is 5.41 Å². The van der Waals surface area contributed by atoms with Crippen molar-refractivity contribution in [2.75, 3.05) is 6.54 Å². The molecule has 1 aliphatic heterocycles. The Morgan fingerprint density at radius 1 is 1.40 bits per heavy atom. The van der Waals surface area contributed by atoms with Crippen LogP contribution in [0, 0.1) is 5.41 Å². The topological polar surface area (TPSA) is 116 Å². The third kappa shape index (κ3) is 4.28. The van der Waals surface area contributed by atoms with E-state index in [1.54, 1.807) is 13.8 Å². The van der Waals surface area contributed by atoms with E-state index in [4.69, 9.17) is 5.11 Å². The van der Waals surface area contributed by atoms with Gasteiger partial charge in [0.05, 0.1) is 12.1 Å². The van der Waals surface area contributed by atoms with Crippen LogP contribution in [0.3, 0.4) is 0 Å². The molecule has 0 saturated carbocycles. The molecule has 0 radical (unpaired) electrons. The molecule has 1 amide bonds. The molecule has 1 heterocycles. The Morgan fingerprint density at radius 3 is 2.40 bits per heavy atom. The number of aliphatic hydroxyl groups is 1. The number of carboxylic acids is 1. The molecule has 1 fully saturated rings. The Kier molecular flexibility index (Phi) is 5.24. The van der Waals surface area contributed by atoms with Gasteiger partial charge in [0.15, 0.2) is 5.78 Å². The standard InChI is InChI=1S/C13H22N2O5/c1-7(16)15-10(12(19)20)5-13(2,3)11(18)9-4-8(17)6-14-9/h8-10,14,17H,4-6H2,1-3H3,(H,15,16)(H,19,20)/t8-,9+,10+/m1/s1. The van der Waals surface area contributed by atoms with Gasteiger partial charge < -0.3 is 20.8 Å². The number of carboxylic acid groups (broad SMARTS) is 1. The monoisotopic (exact) mass is 286 g/mol. The summed E-state index contributed by atoms with van der Waals surface area (Å²) >= 11 is 0. The molecule has 0 aromatic heterocycles. The molecule has 7 heteroatoms. The average Bonchev–Trinajstić information content (AvgIpc) is 2.72. The molecule has 3 atom stereocenters. The van der Waals surface area contributed by atoms with E-state index in [-0.39, 0.29) is 12.2 Å². The van der Waals surface area contributed by atoms with E-state index in [9.17, 15) is 19.5 Å². The predicted octanol–water partition coefficient (Wildman–Crippen LogP) is -0.716. The van der Waals surface area contributed by atoms with Crippen LogP contribution in [0.2, 0.25) is 0 Å². The molecule has 1 aliphatic rings. The Balaban J connectivity index is 2.73. The van der Waals surface area contributed by atoms with Crippen molar-refractivity contribution in [2.45, 2.75) is 51.8 Å². The maximum Gasteiger partial charge on any atom is 0.326 e. The number of carbonyl (C=O) groups excluding carboxylic acids is 2. The molecule has 4 N–H and O–H groups in total. The predicted molar refractivity (Wildman–Crippen MR) is 71.1 cm³/mol. The third-order valence-corrected chi connectivity index (χ3v) is 3.48. The van der Waals surface area contributed by atoms with E-state index in [1.807, 2.05) is 0 Å². The highest BCUT2D eigenvalue weighted by Gasteiger charge is 2.40. The molecule has 7 nitrogen and oxygen atoms in total. The highest BCUT2D eigenvalue weighted by Crippen LogP contribution is 2.28. The number of ketones is 1. The zero-order valence-corrected chi connectivity index (χ0v) is 12.0. The number of β-amino-alcohol motifs (C(OH)–C–C–N with tert-alkyl or cyclic N) is 1. The van der Waals surface area contributed by atoms with Crippen LogP contribution in [-0.4, -0.2) is 52.6 Å². The van der Waals surface area contributed by atoms with E-state index in [0.29, 0.717) is 13.0 Å². The Bertz CT molecular complexity index is 408. The molecule has 1 saturated heterocycles. The summed E-state index contributed by atoms with van der Waals surface area (Å²) in [5.74, 6) is -1.76. The van der Waals surface area contributed by atoms with Crippen LogP contribution in [0.25, 0.3) is 0 Å². The first-order chi connectivity index (χ1) is 9.13. The molecule has 20 heavy (non-hydrogen) atoms. The van der Waals surface area contributed by atoms with Gasteiger partial charge in [-0.3, -0.25) is 9.59 Å². The molecular formula is C13H22N2O5. The van der Waals surface area contributed by atoms with Crippen molar-refractivity contribution in [3.8, 4) is 0 Å². The second kappa shape index (κ2) is 6.32. The number of rotatable bonds is 6. The molecule has 0 aromatic carbocycles. The summed E-state index contributed by atoms with van der Waals surface area (Å²) < 4.78 is 0. The lowest BCUT2D eigenvalue weighted by atomic mass is 9.78. The first-order valence-electron chi connectivity index (χ1n) is 6.59. The van der Waals surface area contributed by atoms with Gasteiger partial charge in [-0.1, -0.05) is 13.8 Å². The van der Waals surface area contributed by atoms with Crippen molar-refractivity contribution in [1.82, 2.24) is 10.6 Å². The Morgan fingerprint density at radius 2 is 2.00 bits per heavy atom. The van der Waals surface area contributed by atoms with Crippen LogP contribution in [0.15, 0.2) is 0 Å². The van der Waals surface area contributed by atoms with Gasteiger partial charge in [0, 0.05) is 18.9 Å². The van der Waals surface area contributed by atoms with Crippen molar-refractivity contribution >= 4 is 17.7 Å². The number of nitrogens with one attached hydrogen (secondary N) is 2. The van der Waals surface area contributed by atoms with E-state index < -0.39 is 35.5 Å². The van der Waals surface area contributed by atoms with Crippen LogP contribution in [0.4, 0.5) is 0 Å². The highest BCUT2D eigenvalue weighted by molar-refractivity contribution is 5.90. The van der Waals surface area contributed by atoms with Crippen LogP contribution in [0.5, 0.6) is 0 Å². The molecule has 0 aliphatic carbocycles. The molecule has 114 valence electrons. The smallest absolute Gasteiger partial charge is 0.326 e. The molecule has 0 unspecified atom stereocenters. The number of aliphatic hydroxyl groups excluding tert-OH is 1. The lowest BCUT2D eigenvalue weighted by Gasteiger charge is -2.29. The van der Waals surface area contributed by atoms with Crippen molar-refractivity contribution < 1.29 is 24.6 Å². The molecule has 0 aromatic rings. The summed E-state index contributed by atoms with van der Waals surface area (Å²) in [6.45, 7) is 4.90. The lowest BCUT2D eigenvalue weighted by Crippen LogP contribution is -2.47. The van der Waals surface area contributed by atoms with Gasteiger partial charge in [0.2, 0.25) is 5.91 Å². The fraction of sp³-hybridized carbons (Fsp3) is 0.769. The van der Waals surface area contributed by atoms with E-state index in [0.717, 1.165) is 0 Å². The summed E-state index contributed by atoms with van der Waals surface area (Å²) in [6.07, 6.45) is -0.208. The maximum absolute atomic E-state index is 12.4. The van der Waals surface area contributed by atoms with Gasteiger partial charge in [-0.25, -0.2) is 4.79 Å². The second-order valence-electron chi connectivity index (χ2n) is 5.89. The maximum atomic E-state index is 12.4. The van der Waals surface area contributed by atoms with Crippen LogP contribution >= 0.6 is 0 Å². The van der Waals surface area contributed by atoms with Gasteiger partial charge in [-0.05, 0) is 12.8 Å². The van der Waals surface area contributed by atoms with Gasteiger partial charge in [-0.15, -0.1) is 0 Å². The number of carbonyl (C=O) groups is 3.